The molecule has 1 heterocycles. The predicted molar refractivity (Wildman–Crippen MR) is 82.4 cm³/mol. The molecule has 0 spiro atoms. The van der Waals surface area contributed by atoms with E-state index in [9.17, 15) is 13.2 Å². The molecule has 1 aromatic heterocycles. The van der Waals surface area contributed by atoms with Crippen molar-refractivity contribution in [1.29, 1.82) is 0 Å². The molecule has 2 aromatic rings. The van der Waals surface area contributed by atoms with Crippen molar-refractivity contribution in [3.63, 3.8) is 0 Å². The Kier molecular flexibility index (Phi) is 4.81. The molecule has 1 amide bonds. The van der Waals surface area contributed by atoms with Crippen molar-refractivity contribution in [3.8, 4) is 0 Å². The first kappa shape index (κ1) is 16.8. The summed E-state index contributed by atoms with van der Waals surface area (Å²) in [5, 5.41) is 0.334. The Hall–Kier alpha value is -1.54. The Morgan fingerprint density at radius 2 is 1.68 bits per heavy atom. The lowest BCUT2D eigenvalue weighted by Crippen LogP contribution is -2.41. The van der Waals surface area contributed by atoms with Crippen LogP contribution in [0.25, 0.3) is 0 Å². The van der Waals surface area contributed by atoms with E-state index in [1.165, 1.54) is 24.3 Å². The molecule has 2 rings (SSSR count). The summed E-state index contributed by atoms with van der Waals surface area (Å²) >= 11 is 11.5. The molecule has 22 heavy (non-hydrogen) atoms. The van der Waals surface area contributed by atoms with Crippen LogP contribution in [-0.4, -0.2) is 14.3 Å². The van der Waals surface area contributed by atoms with Crippen LogP contribution in [0, 0.1) is 13.8 Å². The first-order valence-corrected chi connectivity index (χ1v) is 8.28. The quantitative estimate of drug-likeness (QED) is 0.818. The molecule has 2 N–H and O–H groups in total. The fourth-order valence-corrected chi connectivity index (χ4v) is 3.34. The van der Waals surface area contributed by atoms with Crippen molar-refractivity contribution >= 4 is 39.1 Å². The van der Waals surface area contributed by atoms with Crippen LogP contribution in [0.15, 0.2) is 33.6 Å². The second kappa shape index (κ2) is 6.29. The molecule has 0 saturated heterocycles. The van der Waals surface area contributed by atoms with Gasteiger partial charge in [0.2, 0.25) is 0 Å². The number of hydrogen-bond donors (Lipinski definition) is 2. The van der Waals surface area contributed by atoms with E-state index in [4.69, 9.17) is 27.6 Å². The zero-order chi connectivity index (χ0) is 16.5. The average molecular weight is 363 g/mol. The number of hydrogen-bond acceptors (Lipinski definition) is 4. The molecule has 0 bridgehead atoms. The molecular weight excluding hydrogens is 351 g/mol. The largest absolute Gasteiger partial charge is 0.466 e. The van der Waals surface area contributed by atoms with Gasteiger partial charge in [0.1, 0.15) is 11.5 Å². The van der Waals surface area contributed by atoms with E-state index in [2.05, 4.69) is 5.43 Å². The van der Waals surface area contributed by atoms with Gasteiger partial charge in [-0.25, -0.2) is 8.42 Å². The number of furan rings is 1. The minimum absolute atomic E-state index is 0.162. The second-order valence-corrected chi connectivity index (χ2v) is 7.05. The summed E-state index contributed by atoms with van der Waals surface area (Å²) in [7, 11) is -4.00. The summed E-state index contributed by atoms with van der Waals surface area (Å²) in [6.07, 6.45) is 0. The number of carbonyl (C=O) groups is 1. The van der Waals surface area contributed by atoms with Gasteiger partial charge < -0.3 is 4.42 Å². The molecule has 0 atom stereocenters. The van der Waals surface area contributed by atoms with E-state index >= 15 is 0 Å². The van der Waals surface area contributed by atoms with Crippen molar-refractivity contribution < 1.29 is 17.6 Å². The van der Waals surface area contributed by atoms with E-state index < -0.39 is 15.9 Å². The first-order valence-electron chi connectivity index (χ1n) is 6.04. The highest BCUT2D eigenvalue weighted by atomic mass is 35.5. The average Bonchev–Trinajstić information content (AvgIpc) is 2.74. The Bertz CT molecular complexity index is 810. The van der Waals surface area contributed by atoms with E-state index in [0.29, 0.717) is 11.5 Å². The van der Waals surface area contributed by atoms with Gasteiger partial charge in [-0.15, -0.1) is 4.83 Å². The van der Waals surface area contributed by atoms with Crippen LogP contribution in [0.3, 0.4) is 0 Å². The number of sulfonamides is 1. The second-order valence-electron chi connectivity index (χ2n) is 4.49. The Morgan fingerprint density at radius 1 is 1.09 bits per heavy atom. The molecule has 0 aliphatic rings. The highest BCUT2D eigenvalue weighted by molar-refractivity contribution is 7.89. The molecule has 0 aliphatic heterocycles. The third kappa shape index (κ3) is 3.80. The normalized spacial score (nSPS) is 11.5. The van der Waals surface area contributed by atoms with Gasteiger partial charge in [-0.05, 0) is 38.1 Å². The number of rotatable bonds is 4. The van der Waals surface area contributed by atoms with Gasteiger partial charge in [0.25, 0.3) is 15.9 Å². The molecule has 0 radical (unpaired) electrons. The summed E-state index contributed by atoms with van der Waals surface area (Å²) in [4.78, 5) is 13.8. The van der Waals surface area contributed by atoms with Gasteiger partial charge >= 0.3 is 0 Å². The number of hydrazine groups is 1. The highest BCUT2D eigenvalue weighted by Gasteiger charge is 2.19. The van der Waals surface area contributed by atoms with Gasteiger partial charge in [-0.2, -0.15) is 0 Å². The van der Waals surface area contributed by atoms with E-state index in [0.717, 1.165) is 0 Å². The molecule has 0 aliphatic carbocycles. The molecule has 0 fully saturated rings. The summed E-state index contributed by atoms with van der Waals surface area (Å²) in [6, 6.07) is 5.35. The van der Waals surface area contributed by atoms with Crippen LogP contribution in [0.5, 0.6) is 0 Å². The van der Waals surface area contributed by atoms with Crippen LogP contribution < -0.4 is 10.3 Å². The molecule has 118 valence electrons. The Morgan fingerprint density at radius 3 is 2.18 bits per heavy atom. The fraction of sp³-hybridized carbons (Fsp3) is 0.154. The maximum absolute atomic E-state index is 12.1. The summed E-state index contributed by atoms with van der Waals surface area (Å²) < 4.78 is 29.4. The van der Waals surface area contributed by atoms with E-state index in [1.54, 1.807) is 13.8 Å². The SMILES string of the molecule is Cc1cc(C(=O)NNS(=O)(=O)c2cc(Cl)cc(Cl)c2)c(C)o1. The lowest BCUT2D eigenvalue weighted by molar-refractivity contribution is 0.0943. The number of nitrogens with one attached hydrogen (secondary N) is 2. The van der Waals surface area contributed by atoms with Crippen molar-refractivity contribution in [2.24, 2.45) is 0 Å². The number of aryl methyl sites for hydroxylation is 2. The smallest absolute Gasteiger partial charge is 0.269 e. The van der Waals surface area contributed by atoms with Gasteiger partial charge in [-0.3, -0.25) is 10.2 Å². The molecule has 0 saturated carbocycles. The van der Waals surface area contributed by atoms with Gasteiger partial charge in [0, 0.05) is 10.0 Å². The fourth-order valence-electron chi connectivity index (χ4n) is 1.78. The Labute approximate surface area is 137 Å². The maximum Gasteiger partial charge on any atom is 0.269 e. The first-order chi connectivity index (χ1) is 10.2. The molecule has 9 heteroatoms. The third-order valence-electron chi connectivity index (χ3n) is 2.73. The van der Waals surface area contributed by atoms with Crippen LogP contribution >= 0.6 is 23.2 Å². The molecule has 6 nitrogen and oxygen atoms in total. The Balaban J connectivity index is 2.16. The summed E-state index contributed by atoms with van der Waals surface area (Å²) in [6.45, 7) is 3.29. The molecular formula is C13H12Cl2N2O4S. The summed E-state index contributed by atoms with van der Waals surface area (Å²) in [5.41, 5.74) is 2.35. The molecule has 1 aromatic carbocycles. The van der Waals surface area contributed by atoms with Gasteiger partial charge in [0.05, 0.1) is 10.5 Å². The van der Waals surface area contributed by atoms with Crippen molar-refractivity contribution in [3.05, 3.63) is 51.4 Å². The van der Waals surface area contributed by atoms with Gasteiger partial charge in [-0.1, -0.05) is 23.2 Å². The third-order valence-corrected chi connectivity index (χ3v) is 4.39. The predicted octanol–water partition coefficient (Wildman–Crippen LogP) is 2.83. The van der Waals surface area contributed by atoms with Crippen molar-refractivity contribution in [2.45, 2.75) is 18.7 Å². The maximum atomic E-state index is 12.1. The summed E-state index contributed by atoms with van der Waals surface area (Å²) in [5.74, 6) is 0.304. The molecule has 0 unspecified atom stereocenters. The van der Waals surface area contributed by atoms with E-state index in [1.807, 2.05) is 4.83 Å². The topological polar surface area (TPSA) is 88.4 Å². The lowest BCUT2D eigenvalue weighted by Gasteiger charge is -2.08. The standard InChI is InChI=1S/C13H12Cl2N2O4S/c1-7-3-12(8(2)21-7)13(18)16-17-22(19,20)11-5-9(14)4-10(15)6-11/h3-6,17H,1-2H3,(H,16,18). The minimum Gasteiger partial charge on any atom is -0.466 e. The van der Waals surface area contributed by atoms with Crippen LogP contribution in [0.1, 0.15) is 21.9 Å². The van der Waals surface area contributed by atoms with Gasteiger partial charge in [0.15, 0.2) is 0 Å². The number of benzene rings is 1. The van der Waals surface area contributed by atoms with Crippen LogP contribution in [-0.2, 0) is 10.0 Å². The van der Waals surface area contributed by atoms with Crippen molar-refractivity contribution in [1.82, 2.24) is 10.3 Å². The minimum atomic E-state index is -4.00. The monoisotopic (exact) mass is 362 g/mol. The highest BCUT2D eigenvalue weighted by Crippen LogP contribution is 2.22. The number of halogens is 2. The van der Waals surface area contributed by atoms with Crippen LogP contribution in [0.2, 0.25) is 10.0 Å². The number of carbonyl (C=O) groups excluding carboxylic acids is 1. The van der Waals surface area contributed by atoms with E-state index in [-0.39, 0.29) is 20.5 Å². The van der Waals surface area contributed by atoms with Crippen molar-refractivity contribution in [2.75, 3.05) is 0 Å². The van der Waals surface area contributed by atoms with Crippen LogP contribution in [0.4, 0.5) is 0 Å². The zero-order valence-electron chi connectivity index (χ0n) is 11.6. The lowest BCUT2D eigenvalue weighted by atomic mass is 10.2. The zero-order valence-corrected chi connectivity index (χ0v) is 13.9. The number of amides is 1.